The van der Waals surface area contributed by atoms with Crippen molar-refractivity contribution >= 4 is 11.6 Å². The van der Waals surface area contributed by atoms with E-state index in [1.807, 2.05) is 60.3 Å². The van der Waals surface area contributed by atoms with Crippen LogP contribution in [0.15, 0.2) is 36.4 Å². The molecule has 1 atom stereocenters. The highest BCUT2D eigenvalue weighted by Gasteiger charge is 2.27. The Morgan fingerprint density at radius 1 is 1.14 bits per heavy atom. The molecular weight excluding hydrogens is 352 g/mol. The fraction of sp³-hybridized carbons (Fsp3) is 0.500. The molecule has 28 heavy (non-hydrogen) atoms. The third-order valence-corrected chi connectivity index (χ3v) is 5.08. The van der Waals surface area contributed by atoms with Crippen LogP contribution in [0.3, 0.4) is 0 Å². The summed E-state index contributed by atoms with van der Waals surface area (Å²) in [6.45, 7) is 8.34. The van der Waals surface area contributed by atoms with Crippen LogP contribution in [0.2, 0.25) is 0 Å². The van der Waals surface area contributed by atoms with Crippen LogP contribution in [-0.2, 0) is 5.41 Å². The summed E-state index contributed by atoms with van der Waals surface area (Å²) in [5, 5.41) is 8.43. The van der Waals surface area contributed by atoms with E-state index in [1.54, 1.807) is 0 Å². The predicted octanol–water partition coefficient (Wildman–Crippen LogP) is 3.38. The summed E-state index contributed by atoms with van der Waals surface area (Å²) in [6.07, 6.45) is 0.940. The molecule has 2 heterocycles. The monoisotopic (exact) mass is 382 g/mol. The molecule has 150 valence electrons. The molecule has 1 aliphatic rings. The predicted molar refractivity (Wildman–Crippen MR) is 111 cm³/mol. The number of anilines is 1. The van der Waals surface area contributed by atoms with Crippen molar-refractivity contribution in [1.29, 1.82) is 0 Å². The number of carbonyl (C=O) groups excluding carboxylic acids is 1. The van der Waals surface area contributed by atoms with Gasteiger partial charge in [-0.05, 0) is 36.8 Å². The lowest BCUT2D eigenvalue weighted by molar-refractivity contribution is 0.0783. The average Bonchev–Trinajstić information content (AvgIpc) is 3.14. The second kappa shape index (κ2) is 8.17. The van der Waals surface area contributed by atoms with Gasteiger partial charge >= 0.3 is 0 Å². The van der Waals surface area contributed by atoms with Crippen LogP contribution in [0, 0.1) is 5.92 Å². The molecule has 1 aliphatic heterocycles. The Bertz CT molecular complexity index is 795. The molecule has 3 rings (SSSR count). The van der Waals surface area contributed by atoms with Gasteiger partial charge in [0.25, 0.3) is 5.91 Å². The smallest absolute Gasteiger partial charge is 0.253 e. The summed E-state index contributed by atoms with van der Waals surface area (Å²) < 4.78 is 5.82. The van der Waals surface area contributed by atoms with E-state index >= 15 is 0 Å². The highest BCUT2D eigenvalue weighted by molar-refractivity contribution is 5.94. The molecular formula is C22H30N4O2. The van der Waals surface area contributed by atoms with E-state index in [-0.39, 0.29) is 11.3 Å². The molecule has 0 saturated carbocycles. The van der Waals surface area contributed by atoms with E-state index in [1.165, 1.54) is 0 Å². The van der Waals surface area contributed by atoms with Gasteiger partial charge < -0.3 is 14.5 Å². The van der Waals surface area contributed by atoms with Crippen molar-refractivity contribution < 1.29 is 9.53 Å². The Morgan fingerprint density at radius 3 is 2.43 bits per heavy atom. The van der Waals surface area contributed by atoms with Crippen molar-refractivity contribution in [2.75, 3.05) is 38.7 Å². The lowest BCUT2D eigenvalue weighted by Crippen LogP contribution is -2.29. The van der Waals surface area contributed by atoms with Gasteiger partial charge in [0.1, 0.15) is 0 Å². The number of ether oxygens (including phenoxy) is 1. The number of nitrogens with zero attached hydrogens (tertiary/aromatic N) is 4. The first-order valence-corrected chi connectivity index (χ1v) is 9.78. The molecule has 0 radical (unpaired) electrons. The summed E-state index contributed by atoms with van der Waals surface area (Å²) in [5.41, 5.74) is 2.74. The van der Waals surface area contributed by atoms with E-state index in [4.69, 9.17) is 4.74 Å². The van der Waals surface area contributed by atoms with Crippen LogP contribution in [0.25, 0.3) is 0 Å². The van der Waals surface area contributed by atoms with Gasteiger partial charge in [-0.3, -0.25) is 4.79 Å². The molecule has 0 N–H and O–H groups in total. The Hall–Kier alpha value is -2.63. The first-order valence-electron chi connectivity index (χ1n) is 9.78. The number of likely N-dealkylation sites (tertiary alicyclic amines) is 1. The van der Waals surface area contributed by atoms with Gasteiger partial charge in [0.15, 0.2) is 0 Å². The van der Waals surface area contributed by atoms with Crippen molar-refractivity contribution in [1.82, 2.24) is 15.1 Å². The van der Waals surface area contributed by atoms with Crippen molar-refractivity contribution in [3.8, 4) is 5.88 Å². The van der Waals surface area contributed by atoms with Gasteiger partial charge in [0.05, 0.1) is 12.3 Å². The molecule has 6 heteroatoms. The van der Waals surface area contributed by atoms with Crippen molar-refractivity contribution in [2.24, 2.45) is 5.92 Å². The molecule has 1 unspecified atom stereocenters. The lowest BCUT2D eigenvalue weighted by atomic mass is 9.92. The van der Waals surface area contributed by atoms with Crippen LogP contribution in [0.4, 0.5) is 5.69 Å². The van der Waals surface area contributed by atoms with Crippen LogP contribution in [0.5, 0.6) is 5.88 Å². The van der Waals surface area contributed by atoms with Crippen LogP contribution < -0.4 is 9.64 Å². The third-order valence-electron chi connectivity index (χ3n) is 5.08. The molecule has 1 saturated heterocycles. The number of amides is 1. The zero-order valence-electron chi connectivity index (χ0n) is 17.5. The molecule has 0 bridgehead atoms. The number of hydrogen-bond acceptors (Lipinski definition) is 5. The summed E-state index contributed by atoms with van der Waals surface area (Å²) >= 11 is 0. The summed E-state index contributed by atoms with van der Waals surface area (Å²) in [6, 6.07) is 11.6. The largest absolute Gasteiger partial charge is 0.476 e. The normalized spacial score (nSPS) is 16.9. The quantitative estimate of drug-likeness (QED) is 0.793. The molecule has 6 nitrogen and oxygen atoms in total. The van der Waals surface area contributed by atoms with E-state index in [0.29, 0.717) is 24.9 Å². The molecule has 0 spiro atoms. The van der Waals surface area contributed by atoms with Gasteiger partial charge in [-0.2, -0.15) is 5.10 Å². The van der Waals surface area contributed by atoms with Crippen LogP contribution in [0.1, 0.15) is 43.2 Å². The second-order valence-electron chi connectivity index (χ2n) is 8.66. The number of hydrogen-bond donors (Lipinski definition) is 0. The topological polar surface area (TPSA) is 58.6 Å². The van der Waals surface area contributed by atoms with E-state index < -0.39 is 0 Å². The Kier molecular flexibility index (Phi) is 5.87. The zero-order valence-corrected chi connectivity index (χ0v) is 17.5. The fourth-order valence-electron chi connectivity index (χ4n) is 3.24. The molecule has 1 fully saturated rings. The van der Waals surface area contributed by atoms with Crippen molar-refractivity contribution in [3.05, 3.63) is 47.7 Å². The fourth-order valence-corrected chi connectivity index (χ4v) is 3.24. The van der Waals surface area contributed by atoms with E-state index in [2.05, 4.69) is 31.0 Å². The second-order valence-corrected chi connectivity index (χ2v) is 8.66. The highest BCUT2D eigenvalue weighted by Crippen LogP contribution is 2.23. The minimum absolute atomic E-state index is 0.0252. The SMILES string of the molecule is CN(C)c1ccc(C(=O)N2CCC(COc3ccc(C(C)(C)C)nn3)C2)cc1. The minimum atomic E-state index is -0.0252. The van der Waals surface area contributed by atoms with Crippen LogP contribution in [-0.4, -0.2) is 54.8 Å². The summed E-state index contributed by atoms with van der Waals surface area (Å²) in [4.78, 5) is 16.7. The molecule has 0 aliphatic carbocycles. The van der Waals surface area contributed by atoms with E-state index in [0.717, 1.165) is 29.9 Å². The Balaban J connectivity index is 1.51. The maximum Gasteiger partial charge on any atom is 0.253 e. The standard InChI is InChI=1S/C22H30N4O2/c1-22(2,3)19-10-11-20(24-23-19)28-15-16-12-13-26(14-16)21(27)17-6-8-18(9-7-17)25(4)5/h6-11,16H,12-15H2,1-5H3. The zero-order chi connectivity index (χ0) is 20.3. The van der Waals surface area contributed by atoms with Gasteiger partial charge in [0.2, 0.25) is 5.88 Å². The van der Waals surface area contributed by atoms with Gasteiger partial charge in [-0.15, -0.1) is 5.10 Å². The minimum Gasteiger partial charge on any atom is -0.476 e. The highest BCUT2D eigenvalue weighted by atomic mass is 16.5. The Labute approximate surface area is 167 Å². The first kappa shape index (κ1) is 20.1. The molecule has 1 amide bonds. The maximum atomic E-state index is 12.7. The summed E-state index contributed by atoms with van der Waals surface area (Å²) in [7, 11) is 3.98. The van der Waals surface area contributed by atoms with E-state index in [9.17, 15) is 4.79 Å². The molecule has 2 aromatic rings. The number of rotatable bonds is 5. The summed E-state index contributed by atoms with van der Waals surface area (Å²) in [5.74, 6) is 0.938. The van der Waals surface area contributed by atoms with Crippen LogP contribution >= 0.6 is 0 Å². The number of benzene rings is 1. The maximum absolute atomic E-state index is 12.7. The lowest BCUT2D eigenvalue weighted by Gasteiger charge is -2.18. The number of carbonyl (C=O) groups is 1. The first-order chi connectivity index (χ1) is 13.2. The number of aromatic nitrogens is 2. The van der Waals surface area contributed by atoms with Crippen molar-refractivity contribution in [3.63, 3.8) is 0 Å². The molecule has 1 aromatic heterocycles. The van der Waals surface area contributed by atoms with Gasteiger partial charge in [0, 0.05) is 55.8 Å². The molecule has 1 aromatic carbocycles. The van der Waals surface area contributed by atoms with Crippen molar-refractivity contribution in [2.45, 2.75) is 32.6 Å². The van der Waals surface area contributed by atoms with Gasteiger partial charge in [-0.1, -0.05) is 20.8 Å². The van der Waals surface area contributed by atoms with Gasteiger partial charge in [-0.25, -0.2) is 0 Å². The third kappa shape index (κ3) is 4.80. The Morgan fingerprint density at radius 2 is 1.86 bits per heavy atom. The average molecular weight is 383 g/mol.